The number of rotatable bonds is 5. The molecule has 0 unspecified atom stereocenters. The summed E-state index contributed by atoms with van der Waals surface area (Å²) in [5.41, 5.74) is -1.07. The Labute approximate surface area is 155 Å². The number of hydrogen-bond acceptors (Lipinski definition) is 7. The second kappa shape index (κ2) is 7.19. The number of fused-ring (bicyclic) bond motifs is 1. The number of carbonyl (C=O) groups is 2. The van der Waals surface area contributed by atoms with Crippen molar-refractivity contribution in [2.24, 2.45) is 0 Å². The first-order chi connectivity index (χ1) is 12.0. The zero-order valence-corrected chi connectivity index (χ0v) is 16.9. The van der Waals surface area contributed by atoms with Crippen molar-refractivity contribution in [1.29, 1.82) is 0 Å². The third-order valence-electron chi connectivity index (χ3n) is 3.99. The van der Waals surface area contributed by atoms with E-state index in [9.17, 15) is 14.4 Å². The highest BCUT2D eigenvalue weighted by Gasteiger charge is 2.35. The third-order valence-corrected chi connectivity index (χ3v) is 5.16. The first-order valence-electron chi connectivity index (χ1n) is 8.43. The van der Waals surface area contributed by atoms with E-state index in [1.165, 1.54) is 4.57 Å². The summed E-state index contributed by atoms with van der Waals surface area (Å²) in [5.74, 6) is -0.613. The van der Waals surface area contributed by atoms with E-state index < -0.39 is 17.5 Å². The Kier molecular flexibility index (Phi) is 5.55. The number of aryl methyl sites for hydroxylation is 2. The summed E-state index contributed by atoms with van der Waals surface area (Å²) in [6.07, 6.45) is -0.263. The van der Waals surface area contributed by atoms with Crippen molar-refractivity contribution in [3.63, 3.8) is 0 Å². The summed E-state index contributed by atoms with van der Waals surface area (Å²) in [4.78, 5) is 43.1. The molecule has 0 atom stereocenters. The minimum Gasteiger partial charge on any atom is -0.464 e. The van der Waals surface area contributed by atoms with Crippen LogP contribution in [0.5, 0.6) is 0 Å². The van der Waals surface area contributed by atoms with E-state index in [0.29, 0.717) is 26.5 Å². The van der Waals surface area contributed by atoms with Crippen LogP contribution in [0.1, 0.15) is 55.7 Å². The fourth-order valence-corrected chi connectivity index (χ4v) is 3.90. The number of aromatic nitrogens is 2. The maximum atomic E-state index is 13.2. The molecule has 0 aliphatic rings. The smallest absolute Gasteiger partial charge is 0.348 e. The molecule has 7 nitrogen and oxygen atoms in total. The molecule has 0 saturated heterocycles. The van der Waals surface area contributed by atoms with Gasteiger partial charge in [-0.1, -0.05) is 0 Å². The van der Waals surface area contributed by atoms with Crippen LogP contribution in [0.3, 0.4) is 0 Å². The Balaban J connectivity index is 2.70. The lowest BCUT2D eigenvalue weighted by Gasteiger charge is -2.26. The number of esters is 2. The molecule has 8 heteroatoms. The van der Waals surface area contributed by atoms with Crippen LogP contribution < -0.4 is 5.56 Å². The van der Waals surface area contributed by atoms with E-state index in [0.717, 1.165) is 11.3 Å². The molecule has 0 saturated carbocycles. The Morgan fingerprint density at radius 1 is 1.27 bits per heavy atom. The van der Waals surface area contributed by atoms with Crippen LogP contribution >= 0.6 is 11.3 Å². The summed E-state index contributed by atoms with van der Waals surface area (Å²) < 4.78 is 11.7. The molecule has 0 bridgehead atoms. The van der Waals surface area contributed by atoms with Crippen molar-refractivity contribution < 1.29 is 19.1 Å². The Hall–Kier alpha value is -2.22. The minimum absolute atomic E-state index is 0.217. The molecule has 0 aliphatic carbocycles. The molecule has 2 rings (SSSR count). The first kappa shape index (κ1) is 20.1. The van der Waals surface area contributed by atoms with Crippen LogP contribution in [0.15, 0.2) is 4.79 Å². The zero-order chi connectivity index (χ0) is 19.8. The van der Waals surface area contributed by atoms with Gasteiger partial charge in [0.2, 0.25) is 0 Å². The molecule has 0 aliphatic heterocycles. The summed E-state index contributed by atoms with van der Waals surface area (Å²) in [7, 11) is 0. The molecule has 2 aromatic rings. The average Bonchev–Trinajstić information content (AvgIpc) is 2.83. The predicted octanol–water partition coefficient (Wildman–Crippen LogP) is 2.94. The second-order valence-corrected chi connectivity index (χ2v) is 7.77. The Bertz CT molecular complexity index is 924. The molecule has 0 spiro atoms. The van der Waals surface area contributed by atoms with Gasteiger partial charge in [-0.2, -0.15) is 0 Å². The van der Waals surface area contributed by atoms with Gasteiger partial charge in [0.1, 0.15) is 21.1 Å². The summed E-state index contributed by atoms with van der Waals surface area (Å²) >= 11 is 1.13. The lowest BCUT2D eigenvalue weighted by atomic mass is 10.0. The van der Waals surface area contributed by atoms with Crippen molar-refractivity contribution in [2.75, 3.05) is 6.61 Å². The molecule has 142 valence electrons. The Morgan fingerprint density at radius 2 is 1.88 bits per heavy atom. The van der Waals surface area contributed by atoms with Crippen molar-refractivity contribution in [3.05, 3.63) is 26.6 Å². The molecule has 0 amide bonds. The summed E-state index contributed by atoms with van der Waals surface area (Å²) in [6, 6.07) is 0. The first-order valence-corrected chi connectivity index (χ1v) is 9.25. The highest BCUT2D eigenvalue weighted by Crippen LogP contribution is 2.29. The highest BCUT2D eigenvalue weighted by atomic mass is 32.1. The van der Waals surface area contributed by atoms with Crippen molar-refractivity contribution >= 4 is 33.5 Å². The largest absolute Gasteiger partial charge is 0.464 e. The van der Waals surface area contributed by atoms with E-state index in [2.05, 4.69) is 4.98 Å². The molecule has 0 radical (unpaired) electrons. The van der Waals surface area contributed by atoms with Crippen LogP contribution in [0, 0.1) is 13.8 Å². The zero-order valence-electron chi connectivity index (χ0n) is 16.1. The van der Waals surface area contributed by atoms with Gasteiger partial charge in [-0.3, -0.25) is 9.36 Å². The normalized spacial score (nSPS) is 11.8. The lowest BCUT2D eigenvalue weighted by Crippen LogP contribution is -2.45. The molecular weight excluding hydrogens is 356 g/mol. The Morgan fingerprint density at radius 3 is 2.42 bits per heavy atom. The molecule has 26 heavy (non-hydrogen) atoms. The summed E-state index contributed by atoms with van der Waals surface area (Å²) in [5, 5.41) is 0.327. The maximum absolute atomic E-state index is 13.2. The minimum atomic E-state index is -1.22. The van der Waals surface area contributed by atoms with Gasteiger partial charge in [-0.25, -0.2) is 14.6 Å². The average molecular weight is 380 g/mol. The van der Waals surface area contributed by atoms with E-state index in [1.54, 1.807) is 48.5 Å². The topological polar surface area (TPSA) is 87.5 Å². The van der Waals surface area contributed by atoms with Gasteiger partial charge in [0.05, 0.1) is 18.1 Å². The number of nitrogens with zero attached hydrogens (tertiary/aromatic N) is 2. The van der Waals surface area contributed by atoms with Crippen LogP contribution in [0.25, 0.3) is 10.2 Å². The van der Waals surface area contributed by atoms with Gasteiger partial charge in [-0.05, 0) is 54.0 Å². The van der Waals surface area contributed by atoms with Crippen LogP contribution in [-0.4, -0.2) is 34.2 Å². The second-order valence-electron chi connectivity index (χ2n) is 6.77. The quantitative estimate of drug-likeness (QED) is 0.741. The predicted molar refractivity (Wildman–Crippen MR) is 99.9 cm³/mol. The lowest BCUT2D eigenvalue weighted by molar-refractivity contribution is -0.152. The van der Waals surface area contributed by atoms with Crippen LogP contribution in [0.4, 0.5) is 0 Å². The van der Waals surface area contributed by atoms with E-state index in [1.807, 2.05) is 0 Å². The van der Waals surface area contributed by atoms with E-state index >= 15 is 0 Å². The molecular formula is C18H24N2O5S. The van der Waals surface area contributed by atoms with Gasteiger partial charge in [-0.15, -0.1) is 11.3 Å². The van der Waals surface area contributed by atoms with E-state index in [4.69, 9.17) is 9.47 Å². The van der Waals surface area contributed by atoms with Gasteiger partial charge < -0.3 is 9.47 Å². The molecule has 2 heterocycles. The fraction of sp³-hybridized carbons (Fsp3) is 0.556. The molecule has 0 aromatic carbocycles. The van der Waals surface area contributed by atoms with Crippen molar-refractivity contribution in [1.82, 2.24) is 9.55 Å². The highest BCUT2D eigenvalue weighted by molar-refractivity contribution is 7.20. The molecule has 0 fully saturated rings. The monoisotopic (exact) mass is 380 g/mol. The summed E-state index contributed by atoms with van der Waals surface area (Å²) in [6.45, 7) is 12.0. The van der Waals surface area contributed by atoms with Gasteiger partial charge in [0.25, 0.3) is 5.56 Å². The van der Waals surface area contributed by atoms with Gasteiger partial charge >= 0.3 is 11.9 Å². The third kappa shape index (κ3) is 3.38. The molecule has 2 aromatic heterocycles. The maximum Gasteiger partial charge on any atom is 0.348 e. The fourth-order valence-electron chi connectivity index (χ4n) is 2.80. The van der Waals surface area contributed by atoms with Gasteiger partial charge in [0.15, 0.2) is 0 Å². The molecule has 0 N–H and O–H groups in total. The van der Waals surface area contributed by atoms with Crippen molar-refractivity contribution in [3.8, 4) is 0 Å². The van der Waals surface area contributed by atoms with Gasteiger partial charge in [0, 0.05) is 0 Å². The standard InChI is InChI=1S/C18H24N2O5S/c1-8-24-17(23)18(6,7)20-11(5)19-14-12(15(20)21)10(4)13(26-14)16(22)25-9(2)3/h9H,8H2,1-7H3. The van der Waals surface area contributed by atoms with Crippen LogP contribution in [-0.2, 0) is 19.8 Å². The SMILES string of the molecule is CCOC(=O)C(C)(C)n1c(C)nc2sc(C(=O)OC(C)C)c(C)c2c1=O. The number of carbonyl (C=O) groups excluding carboxylic acids is 2. The van der Waals surface area contributed by atoms with E-state index in [-0.39, 0.29) is 18.3 Å². The van der Waals surface area contributed by atoms with Crippen LogP contribution in [0.2, 0.25) is 0 Å². The number of ether oxygens (including phenoxy) is 2. The van der Waals surface area contributed by atoms with Crippen molar-refractivity contribution in [2.45, 2.75) is 60.1 Å². The number of hydrogen-bond donors (Lipinski definition) is 0. The number of thiophene rings is 1.